The summed E-state index contributed by atoms with van der Waals surface area (Å²) in [6.07, 6.45) is 2.05. The predicted octanol–water partition coefficient (Wildman–Crippen LogP) is 9.88. The zero-order valence-corrected chi connectivity index (χ0v) is 23.9. The summed E-state index contributed by atoms with van der Waals surface area (Å²) in [6, 6.07) is 30.0. The van der Waals surface area contributed by atoms with E-state index in [4.69, 9.17) is 21.8 Å². The number of piperidine rings is 1. The Balaban J connectivity index is 1.26. The number of hydrogen-bond acceptors (Lipinski definition) is 6. The van der Waals surface area contributed by atoms with Gasteiger partial charge in [-0.2, -0.15) is 0 Å². The summed E-state index contributed by atoms with van der Waals surface area (Å²) < 4.78 is 1.03. The molecule has 0 saturated carbocycles. The lowest BCUT2D eigenvalue weighted by molar-refractivity contribution is -0.896. The first-order chi connectivity index (χ1) is 19.9. The third-order valence-electron chi connectivity index (χ3n) is 8.31. The lowest BCUT2D eigenvalue weighted by Crippen LogP contribution is -2.59. The highest BCUT2D eigenvalue weighted by molar-refractivity contribution is 6.32. The van der Waals surface area contributed by atoms with E-state index in [2.05, 4.69) is 65.3 Å². The Kier molecular flexibility index (Phi) is 6.21. The molecule has 0 atom stereocenters. The third-order valence-corrected chi connectivity index (χ3v) is 8.63. The van der Waals surface area contributed by atoms with Crippen molar-refractivity contribution < 1.29 is 4.48 Å². The summed E-state index contributed by atoms with van der Waals surface area (Å²) in [4.78, 5) is 0. The first kappa shape index (κ1) is 25.6. The summed E-state index contributed by atoms with van der Waals surface area (Å²) in [7, 11) is 4.61. The molecule has 0 bridgehead atoms. The van der Waals surface area contributed by atoms with E-state index in [0.29, 0.717) is 10.7 Å². The van der Waals surface area contributed by atoms with Crippen LogP contribution in [0.1, 0.15) is 12.8 Å². The standard InChI is InChI=1S/C33H31ClN7/c1-41(2)20-18-33(19-21-41)35-29-13-7-8-22-14-15-30(32(36-33)31(22)29)40-38-27-17-16-26(23-9-3-4-10-24(23)27)37-39-28-12-6-5-11-25(28)34/h3-17,35-36H,18-21H2,1-2H3/q+1. The molecule has 8 heteroatoms. The Morgan fingerprint density at radius 2 is 1.24 bits per heavy atom. The Morgan fingerprint density at radius 1 is 0.634 bits per heavy atom. The molecule has 2 N–H and O–H groups in total. The Bertz CT molecular complexity index is 1850. The molecule has 0 radical (unpaired) electrons. The maximum atomic E-state index is 6.28. The highest BCUT2D eigenvalue weighted by Crippen LogP contribution is 2.46. The van der Waals surface area contributed by atoms with Gasteiger partial charge < -0.3 is 15.1 Å². The van der Waals surface area contributed by atoms with Gasteiger partial charge >= 0.3 is 0 Å². The van der Waals surface area contributed by atoms with Crippen molar-refractivity contribution >= 4 is 67.3 Å². The number of anilines is 2. The summed E-state index contributed by atoms with van der Waals surface area (Å²) in [5, 5.41) is 31.1. The van der Waals surface area contributed by atoms with E-state index in [9.17, 15) is 0 Å². The average Bonchev–Trinajstić information content (AvgIpc) is 2.98. The van der Waals surface area contributed by atoms with Crippen LogP contribution in [0.5, 0.6) is 0 Å². The zero-order chi connectivity index (χ0) is 28.0. The molecule has 7 rings (SSSR count). The second kappa shape index (κ2) is 9.94. The minimum absolute atomic E-state index is 0.193. The molecule has 1 fully saturated rings. The van der Waals surface area contributed by atoms with Crippen LogP contribution in [-0.2, 0) is 0 Å². The average molecular weight is 561 g/mol. The fraction of sp³-hybridized carbons (Fsp3) is 0.212. The van der Waals surface area contributed by atoms with Crippen molar-refractivity contribution in [1.82, 2.24) is 0 Å². The summed E-state index contributed by atoms with van der Waals surface area (Å²) in [5.41, 5.74) is 4.99. The SMILES string of the molecule is C[N+]1(C)CCC2(CC1)Nc1cccc3ccc(N=Nc4ccc(N=Nc5ccccc5Cl)c5ccccc45)c(c13)N2. The Labute approximate surface area is 244 Å². The van der Waals surface area contributed by atoms with Gasteiger partial charge in [0, 0.05) is 34.7 Å². The molecule has 1 spiro atoms. The minimum atomic E-state index is -0.193. The van der Waals surface area contributed by atoms with E-state index in [0.717, 1.165) is 75.0 Å². The van der Waals surface area contributed by atoms with Crippen LogP contribution in [0, 0.1) is 0 Å². The molecule has 0 amide bonds. The molecular formula is C33H31ClN7+. The number of fused-ring (bicyclic) bond motifs is 1. The van der Waals surface area contributed by atoms with Crippen LogP contribution in [0.4, 0.5) is 34.1 Å². The van der Waals surface area contributed by atoms with Gasteiger partial charge in [0.15, 0.2) is 0 Å². The van der Waals surface area contributed by atoms with Crippen molar-refractivity contribution in [2.75, 3.05) is 37.8 Å². The van der Waals surface area contributed by atoms with Crippen LogP contribution in [0.3, 0.4) is 0 Å². The van der Waals surface area contributed by atoms with Gasteiger partial charge in [0.1, 0.15) is 17.0 Å². The zero-order valence-electron chi connectivity index (χ0n) is 23.1. The van der Waals surface area contributed by atoms with Crippen molar-refractivity contribution in [2.45, 2.75) is 18.5 Å². The lowest BCUT2D eigenvalue weighted by atomic mass is 9.90. The molecule has 2 heterocycles. The van der Waals surface area contributed by atoms with Crippen LogP contribution < -0.4 is 10.6 Å². The number of benzene rings is 5. The molecule has 0 unspecified atom stereocenters. The van der Waals surface area contributed by atoms with E-state index in [1.807, 2.05) is 60.7 Å². The van der Waals surface area contributed by atoms with Crippen molar-refractivity contribution in [3.63, 3.8) is 0 Å². The van der Waals surface area contributed by atoms with Gasteiger partial charge in [-0.25, -0.2) is 0 Å². The van der Waals surface area contributed by atoms with Gasteiger partial charge in [0.2, 0.25) is 0 Å². The molecule has 1 saturated heterocycles. The largest absolute Gasteiger partial charge is 0.362 e. The molecule has 2 aliphatic heterocycles. The number of quaternary nitrogens is 1. The molecule has 0 aromatic heterocycles. The van der Waals surface area contributed by atoms with Crippen molar-refractivity contribution in [3.8, 4) is 0 Å². The summed E-state index contributed by atoms with van der Waals surface area (Å²) >= 11 is 6.28. The first-order valence-electron chi connectivity index (χ1n) is 13.9. The first-order valence-corrected chi connectivity index (χ1v) is 14.3. The maximum absolute atomic E-state index is 6.28. The smallest absolute Gasteiger partial charge is 0.119 e. The number of nitrogens with one attached hydrogen (secondary N) is 2. The quantitative estimate of drug-likeness (QED) is 0.169. The number of likely N-dealkylation sites (tertiary alicyclic amines) is 1. The molecule has 5 aromatic carbocycles. The van der Waals surface area contributed by atoms with Crippen LogP contribution in [0.15, 0.2) is 111 Å². The Morgan fingerprint density at radius 3 is 1.95 bits per heavy atom. The molecule has 5 aromatic rings. The summed E-state index contributed by atoms with van der Waals surface area (Å²) in [6.45, 7) is 2.20. The van der Waals surface area contributed by atoms with Crippen LogP contribution in [0.2, 0.25) is 5.02 Å². The highest BCUT2D eigenvalue weighted by atomic mass is 35.5. The van der Waals surface area contributed by atoms with Crippen LogP contribution in [-0.4, -0.2) is 37.3 Å². The van der Waals surface area contributed by atoms with Gasteiger partial charge in [-0.05, 0) is 41.8 Å². The van der Waals surface area contributed by atoms with Crippen LogP contribution in [0.25, 0.3) is 21.5 Å². The molecular weight excluding hydrogens is 530 g/mol. The van der Waals surface area contributed by atoms with E-state index < -0.39 is 0 Å². The monoisotopic (exact) mass is 560 g/mol. The van der Waals surface area contributed by atoms with Gasteiger partial charge in [-0.3, -0.25) is 0 Å². The summed E-state index contributed by atoms with van der Waals surface area (Å²) in [5.74, 6) is 0. The van der Waals surface area contributed by atoms with E-state index >= 15 is 0 Å². The van der Waals surface area contributed by atoms with Gasteiger partial charge in [-0.1, -0.05) is 66.2 Å². The van der Waals surface area contributed by atoms with Gasteiger partial charge in [0.05, 0.1) is 49.3 Å². The van der Waals surface area contributed by atoms with E-state index in [1.165, 1.54) is 5.39 Å². The minimum Gasteiger partial charge on any atom is -0.362 e. The van der Waals surface area contributed by atoms with Gasteiger partial charge in [0.25, 0.3) is 0 Å². The second-order valence-corrected chi connectivity index (χ2v) is 12.0. The van der Waals surface area contributed by atoms with E-state index in [-0.39, 0.29) is 5.66 Å². The fourth-order valence-electron chi connectivity index (χ4n) is 5.87. The number of azo groups is 2. The van der Waals surface area contributed by atoms with Crippen molar-refractivity contribution in [2.24, 2.45) is 20.5 Å². The van der Waals surface area contributed by atoms with Gasteiger partial charge in [-0.15, -0.1) is 20.5 Å². The molecule has 41 heavy (non-hydrogen) atoms. The topological polar surface area (TPSA) is 73.5 Å². The number of halogens is 1. The molecule has 2 aliphatic rings. The number of nitrogens with zero attached hydrogens (tertiary/aromatic N) is 5. The maximum Gasteiger partial charge on any atom is 0.119 e. The van der Waals surface area contributed by atoms with E-state index in [1.54, 1.807) is 0 Å². The third kappa shape index (κ3) is 4.81. The highest BCUT2D eigenvalue weighted by Gasteiger charge is 2.42. The number of hydrogen-bond donors (Lipinski definition) is 2. The molecule has 0 aliphatic carbocycles. The second-order valence-electron chi connectivity index (χ2n) is 11.6. The normalized spacial score (nSPS) is 17.3. The lowest BCUT2D eigenvalue weighted by Gasteiger charge is -2.48. The fourth-order valence-corrected chi connectivity index (χ4v) is 6.05. The molecule has 7 nitrogen and oxygen atoms in total. The molecule has 204 valence electrons. The Hall–Kier alpha value is -4.33. The predicted molar refractivity (Wildman–Crippen MR) is 169 cm³/mol. The van der Waals surface area contributed by atoms with Crippen molar-refractivity contribution in [1.29, 1.82) is 0 Å². The van der Waals surface area contributed by atoms with Crippen LogP contribution >= 0.6 is 11.6 Å². The number of rotatable bonds is 4. The van der Waals surface area contributed by atoms with Crippen molar-refractivity contribution in [3.05, 3.63) is 96.0 Å².